The minimum atomic E-state index is -1.02. The van der Waals surface area contributed by atoms with Crippen molar-refractivity contribution >= 4 is 23.1 Å². The van der Waals surface area contributed by atoms with Gasteiger partial charge in [-0.05, 0) is 26.8 Å². The van der Waals surface area contributed by atoms with E-state index in [1.165, 1.54) is 11.3 Å². The van der Waals surface area contributed by atoms with Gasteiger partial charge < -0.3 is 9.15 Å². The molecule has 22 heavy (non-hydrogen) atoms. The zero-order valence-corrected chi connectivity index (χ0v) is 13.2. The van der Waals surface area contributed by atoms with Crippen LogP contribution in [0.2, 0.25) is 0 Å². The first-order valence-electron chi connectivity index (χ1n) is 6.51. The van der Waals surface area contributed by atoms with Crippen molar-refractivity contribution in [1.29, 1.82) is 5.26 Å². The number of nitriles is 1. The average Bonchev–Trinajstić information content (AvgIpc) is 3.03. The summed E-state index contributed by atoms with van der Waals surface area (Å²) in [6, 6.07) is 3.45. The van der Waals surface area contributed by atoms with Crippen molar-refractivity contribution in [3.8, 4) is 6.07 Å². The largest absolute Gasteiger partial charge is 0.466 e. The van der Waals surface area contributed by atoms with Crippen molar-refractivity contribution in [3.05, 3.63) is 39.2 Å². The third-order valence-electron chi connectivity index (χ3n) is 2.94. The number of hydrogen-bond acceptors (Lipinski definition) is 7. The highest BCUT2D eigenvalue weighted by Gasteiger charge is 2.25. The number of thiazole rings is 1. The molecule has 0 N–H and O–H groups in total. The van der Waals surface area contributed by atoms with Gasteiger partial charge in [-0.2, -0.15) is 5.26 Å². The van der Waals surface area contributed by atoms with Crippen molar-refractivity contribution in [2.75, 3.05) is 6.61 Å². The second-order valence-electron chi connectivity index (χ2n) is 4.76. The fourth-order valence-corrected chi connectivity index (χ4v) is 2.76. The van der Waals surface area contributed by atoms with Gasteiger partial charge in [-0.1, -0.05) is 0 Å². The molecule has 0 radical (unpaired) electrons. The first-order valence-corrected chi connectivity index (χ1v) is 7.39. The Kier molecular flexibility index (Phi) is 4.73. The van der Waals surface area contributed by atoms with Crippen LogP contribution in [0.4, 0.5) is 0 Å². The van der Waals surface area contributed by atoms with Gasteiger partial charge in [0.05, 0.1) is 6.07 Å². The van der Waals surface area contributed by atoms with E-state index in [0.29, 0.717) is 16.5 Å². The average molecular weight is 318 g/mol. The summed E-state index contributed by atoms with van der Waals surface area (Å²) in [5.74, 6) is -1.14. The summed E-state index contributed by atoms with van der Waals surface area (Å²) in [6.07, 6.45) is 0. The number of aromatic nitrogens is 1. The van der Waals surface area contributed by atoms with Crippen molar-refractivity contribution in [3.63, 3.8) is 0 Å². The molecule has 114 valence electrons. The number of rotatable bonds is 5. The van der Waals surface area contributed by atoms with E-state index >= 15 is 0 Å². The molecule has 0 spiro atoms. The number of ether oxygens (including phenoxy) is 1. The topological polar surface area (TPSA) is 93.2 Å². The molecule has 1 atom stereocenters. The Balaban J connectivity index is 2.01. The van der Waals surface area contributed by atoms with E-state index in [1.54, 1.807) is 32.2 Å². The summed E-state index contributed by atoms with van der Waals surface area (Å²) in [5.41, 5.74) is 1.03. The summed E-state index contributed by atoms with van der Waals surface area (Å²) in [4.78, 5) is 28.1. The van der Waals surface area contributed by atoms with Gasteiger partial charge in [0.25, 0.3) is 0 Å². The highest BCUT2D eigenvalue weighted by Crippen LogP contribution is 2.21. The maximum Gasteiger partial charge on any atom is 0.342 e. The molecule has 6 nitrogen and oxygen atoms in total. The molecule has 1 unspecified atom stereocenters. The predicted octanol–water partition coefficient (Wildman–Crippen LogP) is 2.69. The van der Waals surface area contributed by atoms with Crippen LogP contribution in [0.25, 0.3) is 0 Å². The van der Waals surface area contributed by atoms with Gasteiger partial charge in [-0.15, -0.1) is 11.3 Å². The number of carbonyl (C=O) groups is 2. The van der Waals surface area contributed by atoms with E-state index in [1.807, 2.05) is 6.07 Å². The molecule has 0 saturated carbocycles. The monoisotopic (exact) mass is 318 g/mol. The number of ketones is 1. The lowest BCUT2D eigenvalue weighted by Crippen LogP contribution is -2.20. The fourth-order valence-electron chi connectivity index (χ4n) is 1.90. The summed E-state index contributed by atoms with van der Waals surface area (Å²) in [6.45, 7) is 4.66. The molecule has 0 aliphatic carbocycles. The first-order chi connectivity index (χ1) is 10.4. The normalized spacial score (nSPS) is 11.7. The van der Waals surface area contributed by atoms with Crippen LogP contribution in [0.15, 0.2) is 15.9 Å². The van der Waals surface area contributed by atoms with Crippen LogP contribution in [0, 0.1) is 32.1 Å². The Labute approximate surface area is 131 Å². The number of furan rings is 1. The number of esters is 1. The van der Waals surface area contributed by atoms with Crippen molar-refractivity contribution in [2.45, 2.75) is 26.7 Å². The highest BCUT2D eigenvalue weighted by atomic mass is 32.1. The van der Waals surface area contributed by atoms with Gasteiger partial charge in [0.15, 0.2) is 18.3 Å². The molecule has 0 aromatic carbocycles. The molecule has 2 aromatic heterocycles. The molecule has 0 aliphatic heterocycles. The van der Waals surface area contributed by atoms with Gasteiger partial charge in [0, 0.05) is 11.1 Å². The Morgan fingerprint density at radius 3 is 2.68 bits per heavy atom. The standard InChI is InChI=1S/C15H14N2O4S/c1-8-7-22-14(17-8)12(5-16)13(18)6-20-15(19)11-4-9(2)21-10(11)3/h4,7,12H,6H2,1-3H3. The molecule has 0 bridgehead atoms. The molecule has 0 fully saturated rings. The van der Waals surface area contributed by atoms with E-state index in [2.05, 4.69) is 4.98 Å². The molecule has 0 saturated heterocycles. The number of Topliss-reactive ketones (excluding diaryl/α,β-unsaturated/α-hetero) is 1. The maximum absolute atomic E-state index is 12.1. The third kappa shape index (κ3) is 3.40. The summed E-state index contributed by atoms with van der Waals surface area (Å²) >= 11 is 1.24. The predicted molar refractivity (Wildman–Crippen MR) is 78.7 cm³/mol. The number of carbonyl (C=O) groups excluding carboxylic acids is 2. The highest BCUT2D eigenvalue weighted by molar-refractivity contribution is 7.09. The second kappa shape index (κ2) is 6.54. The van der Waals surface area contributed by atoms with E-state index in [-0.39, 0.29) is 5.56 Å². The van der Waals surface area contributed by atoms with Gasteiger partial charge in [0.1, 0.15) is 22.1 Å². The van der Waals surface area contributed by atoms with Crippen LogP contribution in [-0.4, -0.2) is 23.3 Å². The van der Waals surface area contributed by atoms with Gasteiger partial charge >= 0.3 is 5.97 Å². The van der Waals surface area contributed by atoms with E-state index in [0.717, 1.165) is 5.69 Å². The Morgan fingerprint density at radius 1 is 1.45 bits per heavy atom. The quantitative estimate of drug-likeness (QED) is 0.787. The summed E-state index contributed by atoms with van der Waals surface area (Å²) < 4.78 is 10.2. The number of nitrogens with zero attached hydrogens (tertiary/aromatic N) is 2. The lowest BCUT2D eigenvalue weighted by Gasteiger charge is -2.06. The Bertz CT molecular complexity index is 754. The molecule has 0 amide bonds. The minimum absolute atomic E-state index is 0.281. The van der Waals surface area contributed by atoms with Crippen LogP contribution in [0.5, 0.6) is 0 Å². The molecular formula is C15H14N2O4S. The molecule has 2 heterocycles. The van der Waals surface area contributed by atoms with Crippen molar-refractivity contribution in [2.24, 2.45) is 0 Å². The lowest BCUT2D eigenvalue weighted by atomic mass is 10.1. The number of aryl methyl sites for hydroxylation is 3. The molecule has 7 heteroatoms. The van der Waals surface area contributed by atoms with Crippen LogP contribution >= 0.6 is 11.3 Å². The van der Waals surface area contributed by atoms with E-state index in [9.17, 15) is 9.59 Å². The molecule has 2 aromatic rings. The van der Waals surface area contributed by atoms with Gasteiger partial charge in [-0.25, -0.2) is 9.78 Å². The zero-order chi connectivity index (χ0) is 16.3. The third-order valence-corrected chi connectivity index (χ3v) is 3.97. The van der Waals surface area contributed by atoms with Gasteiger partial charge in [-0.3, -0.25) is 4.79 Å². The molecular weight excluding hydrogens is 304 g/mol. The van der Waals surface area contributed by atoms with Crippen LogP contribution in [0.3, 0.4) is 0 Å². The van der Waals surface area contributed by atoms with Crippen LogP contribution < -0.4 is 0 Å². The SMILES string of the molecule is Cc1csc(C(C#N)C(=O)COC(=O)c2cc(C)oc2C)n1. The van der Waals surface area contributed by atoms with Gasteiger partial charge in [0.2, 0.25) is 0 Å². The zero-order valence-electron chi connectivity index (χ0n) is 12.4. The Morgan fingerprint density at radius 2 is 2.18 bits per heavy atom. The van der Waals surface area contributed by atoms with Crippen molar-refractivity contribution in [1.82, 2.24) is 4.98 Å². The van der Waals surface area contributed by atoms with Crippen LogP contribution in [0.1, 0.15) is 38.5 Å². The summed E-state index contributed by atoms with van der Waals surface area (Å²) in [5, 5.41) is 11.3. The fraction of sp³-hybridized carbons (Fsp3) is 0.333. The molecule has 0 aliphatic rings. The minimum Gasteiger partial charge on any atom is -0.466 e. The second-order valence-corrected chi connectivity index (χ2v) is 5.65. The van der Waals surface area contributed by atoms with Crippen LogP contribution in [-0.2, 0) is 9.53 Å². The first kappa shape index (κ1) is 15.9. The number of hydrogen-bond donors (Lipinski definition) is 0. The maximum atomic E-state index is 12.1. The van der Waals surface area contributed by atoms with E-state index in [4.69, 9.17) is 14.4 Å². The lowest BCUT2D eigenvalue weighted by molar-refractivity contribution is -0.122. The summed E-state index contributed by atoms with van der Waals surface area (Å²) in [7, 11) is 0. The Hall–Kier alpha value is -2.46. The van der Waals surface area contributed by atoms with E-state index < -0.39 is 24.3 Å². The smallest absolute Gasteiger partial charge is 0.342 e. The molecule has 2 rings (SSSR count). The van der Waals surface area contributed by atoms with Crippen molar-refractivity contribution < 1.29 is 18.7 Å².